The van der Waals surface area contributed by atoms with Crippen LogP contribution in [-0.2, 0) is 12.8 Å². The largest absolute Gasteiger partial charge is 0.332 e. The number of fused-ring (bicyclic) bond motifs is 1. The third-order valence-corrected chi connectivity index (χ3v) is 4.58. The molecule has 2 aliphatic heterocycles. The van der Waals surface area contributed by atoms with Crippen molar-refractivity contribution < 1.29 is 0 Å². The molecular weight excluding hydrogens is 222 g/mol. The van der Waals surface area contributed by atoms with Gasteiger partial charge in [0.15, 0.2) is 0 Å². The molecule has 0 radical (unpaired) electrons. The summed E-state index contributed by atoms with van der Waals surface area (Å²) in [6, 6.07) is 0.657. The molecule has 0 saturated carbocycles. The van der Waals surface area contributed by atoms with Gasteiger partial charge in [-0.2, -0.15) is 0 Å². The van der Waals surface area contributed by atoms with Gasteiger partial charge in [-0.15, -0.1) is 0 Å². The van der Waals surface area contributed by atoms with Gasteiger partial charge in [-0.3, -0.25) is 0 Å². The van der Waals surface area contributed by atoms with Crippen LogP contribution in [0.4, 0.5) is 0 Å². The van der Waals surface area contributed by atoms with Gasteiger partial charge >= 0.3 is 0 Å². The molecule has 0 N–H and O–H groups in total. The van der Waals surface area contributed by atoms with Crippen molar-refractivity contribution in [1.29, 1.82) is 0 Å². The number of aryl methyl sites for hydroxylation is 1. The van der Waals surface area contributed by atoms with Gasteiger partial charge < -0.3 is 9.47 Å². The fraction of sp³-hybridized carbons (Fsp3) is 0.800. The first-order chi connectivity index (χ1) is 8.72. The first-order valence-corrected chi connectivity index (χ1v) is 7.47. The van der Waals surface area contributed by atoms with Crippen LogP contribution >= 0.6 is 0 Å². The lowest BCUT2D eigenvalue weighted by Crippen LogP contribution is -2.33. The fourth-order valence-electron chi connectivity index (χ4n) is 3.58. The monoisotopic (exact) mass is 247 g/mol. The topological polar surface area (TPSA) is 21.1 Å². The lowest BCUT2D eigenvalue weighted by atomic mass is 9.94. The van der Waals surface area contributed by atoms with E-state index >= 15 is 0 Å². The molecule has 1 saturated heterocycles. The summed E-state index contributed by atoms with van der Waals surface area (Å²) < 4.78 is 2.42. The minimum absolute atomic E-state index is 0.657. The van der Waals surface area contributed by atoms with Gasteiger partial charge in [0.05, 0.1) is 5.69 Å². The van der Waals surface area contributed by atoms with Crippen LogP contribution in [0.2, 0.25) is 0 Å². The Balaban J connectivity index is 1.69. The quantitative estimate of drug-likeness (QED) is 0.801. The summed E-state index contributed by atoms with van der Waals surface area (Å²) in [5, 5.41) is 0. The number of rotatable bonds is 2. The second kappa shape index (κ2) is 5.04. The highest BCUT2D eigenvalue weighted by molar-refractivity contribution is 5.09. The number of imidazole rings is 1. The zero-order valence-electron chi connectivity index (χ0n) is 11.7. The second-order valence-electron chi connectivity index (χ2n) is 6.27. The zero-order valence-corrected chi connectivity index (χ0v) is 11.7. The van der Waals surface area contributed by atoms with Crippen LogP contribution in [0.15, 0.2) is 6.20 Å². The maximum absolute atomic E-state index is 4.86. The maximum Gasteiger partial charge on any atom is 0.109 e. The summed E-state index contributed by atoms with van der Waals surface area (Å²) >= 11 is 0. The molecule has 3 heteroatoms. The summed E-state index contributed by atoms with van der Waals surface area (Å²) in [5.41, 5.74) is 1.33. The van der Waals surface area contributed by atoms with Crippen LogP contribution in [0.5, 0.6) is 0 Å². The van der Waals surface area contributed by atoms with E-state index in [2.05, 4.69) is 29.6 Å². The number of hydrogen-bond donors (Lipinski definition) is 0. The molecule has 2 atom stereocenters. The summed E-state index contributed by atoms with van der Waals surface area (Å²) in [5.74, 6) is 2.14. The van der Waals surface area contributed by atoms with Crippen LogP contribution in [0.25, 0.3) is 0 Å². The second-order valence-corrected chi connectivity index (χ2v) is 6.27. The highest BCUT2D eigenvalue weighted by Crippen LogP contribution is 2.26. The molecule has 0 aliphatic carbocycles. The van der Waals surface area contributed by atoms with Crippen LogP contribution in [0, 0.1) is 5.92 Å². The van der Waals surface area contributed by atoms with Crippen molar-refractivity contribution in [3.05, 3.63) is 17.7 Å². The molecule has 100 valence electrons. The first kappa shape index (κ1) is 12.2. The highest BCUT2D eigenvalue weighted by Gasteiger charge is 2.22. The van der Waals surface area contributed by atoms with E-state index in [1.807, 2.05) is 0 Å². The average molecular weight is 247 g/mol. The van der Waals surface area contributed by atoms with E-state index in [0.717, 1.165) is 5.92 Å². The molecule has 1 aromatic heterocycles. The Kier molecular flexibility index (Phi) is 3.42. The highest BCUT2D eigenvalue weighted by atomic mass is 15.1. The van der Waals surface area contributed by atoms with Gasteiger partial charge in [0, 0.05) is 25.2 Å². The van der Waals surface area contributed by atoms with Crippen molar-refractivity contribution in [2.75, 3.05) is 20.1 Å². The lowest BCUT2D eigenvalue weighted by Gasteiger charge is -2.29. The predicted octanol–water partition coefficient (Wildman–Crippen LogP) is 2.66. The van der Waals surface area contributed by atoms with Gasteiger partial charge in [0.1, 0.15) is 5.82 Å². The maximum atomic E-state index is 4.86. The van der Waals surface area contributed by atoms with E-state index in [4.69, 9.17) is 4.98 Å². The Morgan fingerprint density at radius 2 is 2.22 bits per heavy atom. The Morgan fingerprint density at radius 3 is 3.00 bits per heavy atom. The average Bonchev–Trinajstić information content (AvgIpc) is 2.73. The van der Waals surface area contributed by atoms with Gasteiger partial charge in [-0.1, -0.05) is 0 Å². The molecule has 0 amide bonds. The van der Waals surface area contributed by atoms with E-state index in [1.165, 1.54) is 63.1 Å². The third-order valence-electron chi connectivity index (χ3n) is 4.58. The van der Waals surface area contributed by atoms with Crippen molar-refractivity contribution in [2.24, 2.45) is 5.92 Å². The first-order valence-electron chi connectivity index (χ1n) is 7.47. The molecule has 2 aliphatic rings. The Morgan fingerprint density at radius 1 is 1.33 bits per heavy atom. The molecule has 2 unspecified atom stereocenters. The minimum Gasteiger partial charge on any atom is -0.332 e. The molecule has 3 heterocycles. The van der Waals surface area contributed by atoms with Crippen molar-refractivity contribution in [1.82, 2.24) is 14.5 Å². The molecule has 1 aromatic rings. The summed E-state index contributed by atoms with van der Waals surface area (Å²) in [6.07, 6.45) is 10.0. The predicted molar refractivity (Wildman–Crippen MR) is 73.8 cm³/mol. The number of piperidine rings is 1. The molecule has 1 fully saturated rings. The van der Waals surface area contributed by atoms with E-state index in [1.54, 1.807) is 0 Å². The van der Waals surface area contributed by atoms with E-state index in [-0.39, 0.29) is 0 Å². The standard InChI is InChI=1S/C15H25N3/c1-12-5-3-7-15-16-14(11-18(12)15)9-13-6-4-8-17(2)10-13/h11-13H,3-10H2,1-2H3. The van der Waals surface area contributed by atoms with Gasteiger partial charge in [0.2, 0.25) is 0 Å². The summed E-state index contributed by atoms with van der Waals surface area (Å²) in [6.45, 7) is 4.84. The molecule has 18 heavy (non-hydrogen) atoms. The third kappa shape index (κ3) is 2.46. The van der Waals surface area contributed by atoms with E-state index < -0.39 is 0 Å². The minimum atomic E-state index is 0.657. The van der Waals surface area contributed by atoms with Gasteiger partial charge in [0.25, 0.3) is 0 Å². The number of aromatic nitrogens is 2. The van der Waals surface area contributed by atoms with Crippen molar-refractivity contribution >= 4 is 0 Å². The van der Waals surface area contributed by atoms with Crippen LogP contribution in [-0.4, -0.2) is 34.6 Å². The number of nitrogens with zero attached hydrogens (tertiary/aromatic N) is 3. The number of likely N-dealkylation sites (tertiary alicyclic amines) is 1. The molecule has 0 aromatic carbocycles. The smallest absolute Gasteiger partial charge is 0.109 e. The SMILES string of the molecule is CC1CCCc2nc(CC3CCCN(C)C3)cn21. The van der Waals surface area contributed by atoms with Crippen LogP contribution in [0.1, 0.15) is 50.2 Å². The van der Waals surface area contributed by atoms with E-state index in [0.29, 0.717) is 6.04 Å². The van der Waals surface area contributed by atoms with E-state index in [9.17, 15) is 0 Å². The normalized spacial score (nSPS) is 29.2. The number of hydrogen-bond acceptors (Lipinski definition) is 2. The van der Waals surface area contributed by atoms with Gasteiger partial charge in [-0.25, -0.2) is 4.98 Å². The van der Waals surface area contributed by atoms with Gasteiger partial charge in [-0.05, 0) is 58.5 Å². The molecule has 0 bridgehead atoms. The lowest BCUT2D eigenvalue weighted by molar-refractivity contribution is 0.208. The van der Waals surface area contributed by atoms with Crippen molar-refractivity contribution in [3.63, 3.8) is 0 Å². The van der Waals surface area contributed by atoms with Crippen LogP contribution < -0.4 is 0 Å². The van der Waals surface area contributed by atoms with Crippen molar-refractivity contribution in [3.8, 4) is 0 Å². The molecule has 3 nitrogen and oxygen atoms in total. The van der Waals surface area contributed by atoms with Crippen molar-refractivity contribution in [2.45, 2.75) is 51.5 Å². The summed E-state index contributed by atoms with van der Waals surface area (Å²) in [7, 11) is 2.24. The molecular formula is C15H25N3. The molecule has 3 rings (SSSR count). The Hall–Kier alpha value is -0.830. The Bertz CT molecular complexity index is 410. The summed E-state index contributed by atoms with van der Waals surface area (Å²) in [4.78, 5) is 7.33. The Labute approximate surface area is 110 Å². The zero-order chi connectivity index (χ0) is 12.5. The molecule has 0 spiro atoms. The van der Waals surface area contributed by atoms with Crippen LogP contribution in [0.3, 0.4) is 0 Å². The fourth-order valence-corrected chi connectivity index (χ4v) is 3.58.